The van der Waals surface area contributed by atoms with Crippen LogP contribution in [0.25, 0.3) is 0 Å². The largest absolute Gasteiger partial charge is 0.466 e. The van der Waals surface area contributed by atoms with Crippen LogP contribution in [0.3, 0.4) is 0 Å². The van der Waals surface area contributed by atoms with Crippen LogP contribution in [0.1, 0.15) is 32.5 Å². The Morgan fingerprint density at radius 3 is 2.96 bits per heavy atom. The summed E-state index contributed by atoms with van der Waals surface area (Å²) in [6.45, 7) is 7.42. The number of piperidine rings is 1. The quantitative estimate of drug-likeness (QED) is 0.296. The van der Waals surface area contributed by atoms with Gasteiger partial charge in [-0.2, -0.15) is 0 Å². The van der Waals surface area contributed by atoms with E-state index in [9.17, 15) is 4.79 Å². The first-order valence-electron chi connectivity index (χ1n) is 8.68. The first kappa shape index (κ1) is 21.7. The van der Waals surface area contributed by atoms with Gasteiger partial charge in [0.25, 0.3) is 0 Å². The SMILES string of the molecule is CCOC(=O)C1CCCN(C(=NC)NCCn2cnnc2CC)C1.I. The summed E-state index contributed by atoms with van der Waals surface area (Å²) in [5, 5.41) is 11.4. The van der Waals surface area contributed by atoms with Gasteiger partial charge in [0.1, 0.15) is 12.2 Å². The van der Waals surface area contributed by atoms with Crippen molar-refractivity contribution in [1.82, 2.24) is 25.0 Å². The van der Waals surface area contributed by atoms with Gasteiger partial charge in [-0.3, -0.25) is 9.79 Å². The number of hydrogen-bond donors (Lipinski definition) is 1. The zero-order valence-corrected chi connectivity index (χ0v) is 17.6. The molecule has 0 saturated carbocycles. The lowest BCUT2D eigenvalue weighted by molar-refractivity contribution is -0.149. The molecule has 8 nitrogen and oxygen atoms in total. The predicted molar refractivity (Wildman–Crippen MR) is 107 cm³/mol. The molecular weight excluding hydrogens is 435 g/mol. The Bertz CT molecular complexity index is 563. The van der Waals surface area contributed by atoms with Crippen LogP contribution in [0.15, 0.2) is 11.3 Å². The Kier molecular flexibility index (Phi) is 9.76. The first-order valence-corrected chi connectivity index (χ1v) is 8.68. The number of nitrogens with one attached hydrogen (secondary N) is 1. The van der Waals surface area contributed by atoms with Gasteiger partial charge in [0.15, 0.2) is 5.96 Å². The smallest absolute Gasteiger partial charge is 0.310 e. The number of aromatic nitrogens is 3. The van der Waals surface area contributed by atoms with Crippen LogP contribution >= 0.6 is 24.0 Å². The third-order valence-electron chi connectivity index (χ3n) is 4.20. The molecule has 0 amide bonds. The Morgan fingerprint density at radius 2 is 2.28 bits per heavy atom. The number of hydrogen-bond acceptors (Lipinski definition) is 5. The van der Waals surface area contributed by atoms with Crippen molar-refractivity contribution in [2.45, 2.75) is 39.7 Å². The molecule has 2 heterocycles. The van der Waals surface area contributed by atoms with Crippen molar-refractivity contribution in [1.29, 1.82) is 0 Å². The topological polar surface area (TPSA) is 84.6 Å². The molecule has 1 aromatic heterocycles. The van der Waals surface area contributed by atoms with E-state index in [0.29, 0.717) is 13.2 Å². The molecule has 2 rings (SSSR count). The zero-order valence-electron chi connectivity index (χ0n) is 15.3. The van der Waals surface area contributed by atoms with Crippen LogP contribution in [0.5, 0.6) is 0 Å². The van der Waals surface area contributed by atoms with Crippen LogP contribution in [0.2, 0.25) is 0 Å². The van der Waals surface area contributed by atoms with Gasteiger partial charge in [-0.25, -0.2) is 0 Å². The molecule has 0 radical (unpaired) electrons. The Balaban J connectivity index is 0.00000312. The molecule has 9 heteroatoms. The molecular formula is C16H29IN6O2. The molecule has 1 aliphatic heterocycles. The number of guanidine groups is 1. The van der Waals surface area contributed by atoms with Crippen LogP contribution in [0, 0.1) is 5.92 Å². The van der Waals surface area contributed by atoms with Crippen molar-refractivity contribution < 1.29 is 9.53 Å². The van der Waals surface area contributed by atoms with E-state index in [4.69, 9.17) is 4.74 Å². The van der Waals surface area contributed by atoms with Crippen LogP contribution < -0.4 is 5.32 Å². The van der Waals surface area contributed by atoms with E-state index in [-0.39, 0.29) is 35.9 Å². The summed E-state index contributed by atoms with van der Waals surface area (Å²) in [5.74, 6) is 1.64. The second-order valence-electron chi connectivity index (χ2n) is 5.81. The van der Waals surface area contributed by atoms with Crippen molar-refractivity contribution in [2.24, 2.45) is 10.9 Å². The molecule has 1 aliphatic rings. The average Bonchev–Trinajstić information content (AvgIpc) is 3.06. The third kappa shape index (κ3) is 6.12. The summed E-state index contributed by atoms with van der Waals surface area (Å²) in [6, 6.07) is 0. The van der Waals surface area contributed by atoms with Crippen LogP contribution in [0.4, 0.5) is 0 Å². The van der Waals surface area contributed by atoms with Gasteiger partial charge in [-0.15, -0.1) is 34.2 Å². The fourth-order valence-corrected chi connectivity index (χ4v) is 2.98. The van der Waals surface area contributed by atoms with E-state index in [1.807, 2.05) is 11.5 Å². The maximum atomic E-state index is 12.0. The first-order chi connectivity index (χ1) is 11.7. The number of halogens is 1. The van der Waals surface area contributed by atoms with E-state index in [2.05, 4.69) is 32.3 Å². The van der Waals surface area contributed by atoms with Gasteiger partial charge < -0.3 is 19.5 Å². The van der Waals surface area contributed by atoms with E-state index in [0.717, 1.165) is 50.7 Å². The van der Waals surface area contributed by atoms with Crippen LogP contribution in [-0.2, 0) is 22.5 Å². The lowest BCUT2D eigenvalue weighted by atomic mass is 9.98. The second-order valence-corrected chi connectivity index (χ2v) is 5.81. The van der Waals surface area contributed by atoms with Gasteiger partial charge in [-0.05, 0) is 19.8 Å². The van der Waals surface area contributed by atoms with Crippen molar-refractivity contribution in [2.75, 3.05) is 33.3 Å². The molecule has 0 bridgehead atoms. The summed E-state index contributed by atoms with van der Waals surface area (Å²) >= 11 is 0. The van der Waals surface area contributed by atoms with Gasteiger partial charge in [0.2, 0.25) is 0 Å². The fourth-order valence-electron chi connectivity index (χ4n) is 2.98. The van der Waals surface area contributed by atoms with Crippen molar-refractivity contribution in [3.05, 3.63) is 12.2 Å². The minimum absolute atomic E-state index is 0. The van der Waals surface area contributed by atoms with Crippen molar-refractivity contribution in [3.8, 4) is 0 Å². The van der Waals surface area contributed by atoms with Gasteiger partial charge >= 0.3 is 5.97 Å². The second kappa shape index (κ2) is 11.3. The molecule has 1 N–H and O–H groups in total. The molecule has 1 saturated heterocycles. The Labute approximate surface area is 166 Å². The minimum Gasteiger partial charge on any atom is -0.466 e. The standard InChI is InChI=1S/C16H28N6O2.HI/c1-4-14-20-19-12-22(14)10-8-18-16(17-3)21-9-6-7-13(11-21)15(23)24-5-2;/h12-13H,4-11H2,1-3H3,(H,17,18);1H. The maximum Gasteiger partial charge on any atom is 0.310 e. The van der Waals surface area contributed by atoms with Crippen molar-refractivity contribution >= 4 is 35.9 Å². The van der Waals surface area contributed by atoms with Gasteiger partial charge in [0, 0.05) is 39.6 Å². The number of aryl methyl sites for hydroxylation is 1. The summed E-state index contributed by atoms with van der Waals surface area (Å²) in [5.41, 5.74) is 0. The summed E-state index contributed by atoms with van der Waals surface area (Å²) in [7, 11) is 1.77. The van der Waals surface area contributed by atoms with E-state index in [1.54, 1.807) is 13.4 Å². The lowest BCUT2D eigenvalue weighted by Gasteiger charge is -2.34. The third-order valence-corrected chi connectivity index (χ3v) is 4.20. The fraction of sp³-hybridized carbons (Fsp3) is 0.750. The summed E-state index contributed by atoms with van der Waals surface area (Å²) in [4.78, 5) is 18.5. The summed E-state index contributed by atoms with van der Waals surface area (Å²) in [6.07, 6.45) is 4.46. The zero-order chi connectivity index (χ0) is 17.4. The van der Waals surface area contributed by atoms with E-state index >= 15 is 0 Å². The number of carbonyl (C=O) groups is 1. The molecule has 0 aliphatic carbocycles. The molecule has 1 atom stereocenters. The number of rotatable bonds is 6. The van der Waals surface area contributed by atoms with Crippen LogP contribution in [-0.4, -0.2) is 64.9 Å². The van der Waals surface area contributed by atoms with Crippen molar-refractivity contribution in [3.63, 3.8) is 0 Å². The average molecular weight is 464 g/mol. The highest BCUT2D eigenvalue weighted by Crippen LogP contribution is 2.18. The highest BCUT2D eigenvalue weighted by Gasteiger charge is 2.28. The lowest BCUT2D eigenvalue weighted by Crippen LogP contribution is -2.48. The number of carbonyl (C=O) groups excluding carboxylic acids is 1. The number of esters is 1. The van der Waals surface area contributed by atoms with E-state index < -0.39 is 0 Å². The Morgan fingerprint density at radius 1 is 1.48 bits per heavy atom. The minimum atomic E-state index is -0.102. The molecule has 1 aromatic rings. The molecule has 0 spiro atoms. The number of likely N-dealkylation sites (tertiary alicyclic amines) is 1. The molecule has 0 aromatic carbocycles. The monoisotopic (exact) mass is 464 g/mol. The highest BCUT2D eigenvalue weighted by molar-refractivity contribution is 14.0. The Hall–Kier alpha value is -1.39. The normalized spacial score (nSPS) is 17.8. The number of ether oxygens (including phenoxy) is 1. The predicted octanol–water partition coefficient (Wildman–Crippen LogP) is 1.31. The van der Waals surface area contributed by atoms with Gasteiger partial charge in [-0.1, -0.05) is 6.92 Å². The molecule has 1 unspecified atom stereocenters. The summed E-state index contributed by atoms with van der Waals surface area (Å²) < 4.78 is 7.20. The van der Waals surface area contributed by atoms with Gasteiger partial charge in [0.05, 0.1) is 12.5 Å². The highest BCUT2D eigenvalue weighted by atomic mass is 127. The molecule has 142 valence electrons. The maximum absolute atomic E-state index is 12.0. The number of nitrogens with zero attached hydrogens (tertiary/aromatic N) is 5. The molecule has 25 heavy (non-hydrogen) atoms. The number of aliphatic imine (C=N–C) groups is 1. The van der Waals surface area contributed by atoms with E-state index in [1.165, 1.54) is 0 Å². The molecule has 1 fully saturated rings.